The number of piperidine rings is 2. The molecule has 2 heterocycles. The van der Waals surface area contributed by atoms with Gasteiger partial charge in [0.15, 0.2) is 0 Å². The highest BCUT2D eigenvalue weighted by atomic mass is 35.5. The predicted octanol–water partition coefficient (Wildman–Crippen LogP) is 6.81. The maximum Gasteiger partial charge on any atom is 0.303 e. The number of nitrogens with zero attached hydrogens (tertiary/aromatic N) is 2. The molecule has 240 valence electrons. The summed E-state index contributed by atoms with van der Waals surface area (Å²) < 4.78 is 13.5. The van der Waals surface area contributed by atoms with Crippen LogP contribution in [0.5, 0.6) is 0 Å². The number of carbonyl (C=O) groups is 2. The molecule has 0 aliphatic carbocycles. The van der Waals surface area contributed by atoms with E-state index in [0.717, 1.165) is 82.4 Å². The fourth-order valence-corrected chi connectivity index (χ4v) is 6.61. The van der Waals surface area contributed by atoms with E-state index in [1.54, 1.807) is 6.07 Å². The summed E-state index contributed by atoms with van der Waals surface area (Å²) >= 11 is 0. The van der Waals surface area contributed by atoms with Gasteiger partial charge in [0.05, 0.1) is 0 Å². The second kappa shape index (κ2) is 16.7. The van der Waals surface area contributed by atoms with Gasteiger partial charge in [-0.1, -0.05) is 54.3 Å². The van der Waals surface area contributed by atoms with E-state index in [0.29, 0.717) is 12.5 Å². The van der Waals surface area contributed by atoms with E-state index in [-0.39, 0.29) is 42.5 Å². The van der Waals surface area contributed by atoms with E-state index < -0.39 is 5.97 Å². The monoisotopic (exact) mass is 633 g/mol. The Kier molecular flexibility index (Phi) is 12.8. The zero-order chi connectivity index (χ0) is 30.9. The van der Waals surface area contributed by atoms with Gasteiger partial charge in [-0.25, -0.2) is 4.39 Å². The number of benzene rings is 3. The van der Waals surface area contributed by atoms with E-state index in [1.807, 2.05) is 6.07 Å². The van der Waals surface area contributed by atoms with Crippen LogP contribution in [0.25, 0.3) is 10.8 Å². The van der Waals surface area contributed by atoms with Crippen molar-refractivity contribution in [3.05, 3.63) is 83.2 Å². The minimum absolute atomic E-state index is 0. The molecule has 6 nitrogen and oxygen atoms in total. The SMILES string of the molecule is CC(c1ccc(C#CC2CCN(CCCCC(=O)O)CC2)c2ccccc12)N1CCC(C(=O)NCc2cccc(F)c2)CC1.Cl. The topological polar surface area (TPSA) is 72.9 Å². The number of likely N-dealkylation sites (tertiary alicyclic amines) is 2. The van der Waals surface area contributed by atoms with Crippen molar-refractivity contribution in [3.8, 4) is 11.8 Å². The maximum atomic E-state index is 13.5. The number of hydrogen-bond donors (Lipinski definition) is 2. The lowest BCUT2D eigenvalue weighted by molar-refractivity contribution is -0.137. The van der Waals surface area contributed by atoms with Crippen LogP contribution in [-0.4, -0.2) is 59.5 Å². The van der Waals surface area contributed by atoms with Crippen molar-refractivity contribution in [1.29, 1.82) is 0 Å². The molecule has 1 atom stereocenters. The summed E-state index contributed by atoms with van der Waals surface area (Å²) in [6.45, 7) is 7.33. The van der Waals surface area contributed by atoms with Crippen LogP contribution in [0.15, 0.2) is 60.7 Å². The van der Waals surface area contributed by atoms with Crippen molar-refractivity contribution in [2.75, 3.05) is 32.7 Å². The summed E-state index contributed by atoms with van der Waals surface area (Å²) in [5.41, 5.74) is 3.13. The summed E-state index contributed by atoms with van der Waals surface area (Å²) in [4.78, 5) is 28.5. The molecule has 0 spiro atoms. The van der Waals surface area contributed by atoms with Crippen LogP contribution in [0.2, 0.25) is 0 Å². The molecule has 2 aliphatic heterocycles. The Hall–Kier alpha value is -3.44. The summed E-state index contributed by atoms with van der Waals surface area (Å²) in [5.74, 6) is 6.49. The maximum absolute atomic E-state index is 13.5. The number of unbranched alkanes of at least 4 members (excludes halogenated alkanes) is 1. The van der Waals surface area contributed by atoms with Crippen molar-refractivity contribution in [3.63, 3.8) is 0 Å². The van der Waals surface area contributed by atoms with Gasteiger partial charge in [0.25, 0.3) is 0 Å². The van der Waals surface area contributed by atoms with Crippen molar-refractivity contribution >= 4 is 35.1 Å². The van der Waals surface area contributed by atoms with Crippen LogP contribution in [0, 0.1) is 29.5 Å². The fraction of sp³-hybridized carbons (Fsp3) is 0.459. The quantitative estimate of drug-likeness (QED) is 0.190. The van der Waals surface area contributed by atoms with E-state index in [4.69, 9.17) is 5.11 Å². The lowest BCUT2D eigenvalue weighted by Gasteiger charge is -2.36. The highest BCUT2D eigenvalue weighted by Crippen LogP contribution is 2.33. The lowest BCUT2D eigenvalue weighted by Crippen LogP contribution is -2.41. The van der Waals surface area contributed by atoms with Gasteiger partial charge in [-0.3, -0.25) is 14.5 Å². The second-order valence-electron chi connectivity index (χ2n) is 12.3. The second-order valence-corrected chi connectivity index (χ2v) is 12.3. The van der Waals surface area contributed by atoms with Crippen LogP contribution < -0.4 is 5.32 Å². The smallest absolute Gasteiger partial charge is 0.303 e. The van der Waals surface area contributed by atoms with Crippen LogP contribution in [0.1, 0.15) is 74.6 Å². The Morgan fingerprint density at radius 3 is 2.40 bits per heavy atom. The fourth-order valence-electron chi connectivity index (χ4n) is 6.61. The summed E-state index contributed by atoms with van der Waals surface area (Å²) in [5, 5.41) is 14.2. The lowest BCUT2D eigenvalue weighted by atomic mass is 9.91. The van der Waals surface area contributed by atoms with Gasteiger partial charge >= 0.3 is 5.97 Å². The first-order valence-corrected chi connectivity index (χ1v) is 16.1. The molecule has 2 saturated heterocycles. The summed E-state index contributed by atoms with van der Waals surface area (Å²) in [7, 11) is 0. The number of halogens is 2. The summed E-state index contributed by atoms with van der Waals surface area (Å²) in [6, 6.07) is 19.5. The highest BCUT2D eigenvalue weighted by molar-refractivity contribution is 5.91. The Labute approximate surface area is 272 Å². The number of carbonyl (C=O) groups excluding carboxylic acids is 1. The number of amides is 1. The minimum atomic E-state index is -0.712. The average Bonchev–Trinajstić information content (AvgIpc) is 3.04. The van der Waals surface area contributed by atoms with Crippen LogP contribution >= 0.6 is 12.4 Å². The first-order valence-electron chi connectivity index (χ1n) is 16.1. The zero-order valence-electron chi connectivity index (χ0n) is 26.1. The van der Waals surface area contributed by atoms with Gasteiger partial charge in [-0.15, -0.1) is 12.4 Å². The average molecular weight is 634 g/mol. The molecule has 3 aromatic rings. The Bertz CT molecular complexity index is 1500. The largest absolute Gasteiger partial charge is 0.481 e. The molecule has 0 radical (unpaired) electrons. The predicted molar refractivity (Wildman–Crippen MR) is 180 cm³/mol. The molecule has 8 heteroatoms. The molecule has 3 aromatic carbocycles. The first kappa shape index (κ1) is 34.4. The molecule has 1 unspecified atom stereocenters. The Morgan fingerprint density at radius 1 is 0.956 bits per heavy atom. The number of carboxylic acid groups (broad SMARTS) is 1. The van der Waals surface area contributed by atoms with Gasteiger partial charge in [-0.05, 0) is 118 Å². The molecular formula is C37H45ClFN3O3. The molecule has 0 saturated carbocycles. The highest BCUT2D eigenvalue weighted by Gasteiger charge is 2.28. The molecule has 0 bridgehead atoms. The van der Waals surface area contributed by atoms with Crippen molar-refractivity contribution < 1.29 is 19.1 Å². The Morgan fingerprint density at radius 2 is 1.69 bits per heavy atom. The Balaban J connectivity index is 0.00000461. The number of aliphatic carboxylic acids is 1. The van der Waals surface area contributed by atoms with Gasteiger partial charge in [0.2, 0.25) is 5.91 Å². The van der Waals surface area contributed by atoms with Crippen molar-refractivity contribution in [2.24, 2.45) is 11.8 Å². The first-order chi connectivity index (χ1) is 21.4. The van der Waals surface area contributed by atoms with E-state index in [1.165, 1.54) is 28.5 Å². The number of nitrogens with one attached hydrogen (secondary N) is 1. The number of fused-ring (bicyclic) bond motifs is 1. The normalized spacial score (nSPS) is 17.2. The third-order valence-corrected chi connectivity index (χ3v) is 9.33. The molecule has 2 aliphatic rings. The van der Waals surface area contributed by atoms with Crippen LogP contribution in [0.3, 0.4) is 0 Å². The third-order valence-electron chi connectivity index (χ3n) is 9.33. The minimum Gasteiger partial charge on any atom is -0.481 e. The molecule has 2 fully saturated rings. The zero-order valence-corrected chi connectivity index (χ0v) is 27.0. The van der Waals surface area contributed by atoms with Gasteiger partial charge < -0.3 is 15.3 Å². The number of carboxylic acids is 1. The van der Waals surface area contributed by atoms with Gasteiger partial charge in [0.1, 0.15) is 5.82 Å². The molecule has 0 aromatic heterocycles. The van der Waals surface area contributed by atoms with Crippen molar-refractivity contribution in [1.82, 2.24) is 15.1 Å². The van der Waals surface area contributed by atoms with Crippen LogP contribution in [0.4, 0.5) is 4.39 Å². The van der Waals surface area contributed by atoms with Gasteiger partial charge in [-0.2, -0.15) is 0 Å². The van der Waals surface area contributed by atoms with E-state index in [9.17, 15) is 14.0 Å². The number of rotatable bonds is 10. The van der Waals surface area contributed by atoms with Gasteiger partial charge in [0, 0.05) is 36.4 Å². The van der Waals surface area contributed by atoms with Crippen molar-refractivity contribution in [2.45, 2.75) is 64.5 Å². The molecule has 45 heavy (non-hydrogen) atoms. The molecule has 2 N–H and O–H groups in total. The van der Waals surface area contributed by atoms with E-state index in [2.05, 4.69) is 70.3 Å². The van der Waals surface area contributed by atoms with Crippen LogP contribution in [-0.2, 0) is 16.1 Å². The van der Waals surface area contributed by atoms with E-state index >= 15 is 0 Å². The molecule has 1 amide bonds. The molecular weight excluding hydrogens is 589 g/mol. The summed E-state index contributed by atoms with van der Waals surface area (Å²) in [6.07, 6.45) is 5.65. The number of hydrogen-bond acceptors (Lipinski definition) is 4. The third kappa shape index (κ3) is 9.53. The standard InChI is InChI=1S/C37H44FN3O3.ClH/c1-27(41-23-18-31(19-24-41)37(44)39-26-29-7-6-8-32(38)25-29)33-15-14-30(34-9-2-3-10-35(33)34)13-12-28-16-21-40(22-17-28)20-5-4-11-36(42)43;/h2-3,6-10,14-15,25,27-28,31H,4-5,11,16-24,26H2,1H3,(H,39,44)(H,42,43);1H. The molecule has 5 rings (SSSR count).